The number of carbonyl (C=O) groups is 1. The molecule has 0 bridgehead atoms. The molecule has 1 fully saturated rings. The Morgan fingerprint density at radius 3 is 2.92 bits per heavy atom. The van der Waals surface area contributed by atoms with Gasteiger partial charge in [-0.2, -0.15) is 0 Å². The van der Waals surface area contributed by atoms with Crippen molar-refractivity contribution in [2.45, 2.75) is 25.8 Å². The SMILES string of the molecule is CN=C(NCc1coc(-c2cccs2)n1)N1CCC(CC(=O)NC)CC1. The molecule has 1 aliphatic rings. The molecule has 0 radical (unpaired) electrons. The number of hydrogen-bond donors (Lipinski definition) is 2. The van der Waals surface area contributed by atoms with E-state index in [0.29, 0.717) is 24.8 Å². The Hall–Kier alpha value is -2.35. The van der Waals surface area contributed by atoms with Crippen molar-refractivity contribution in [3.8, 4) is 10.8 Å². The summed E-state index contributed by atoms with van der Waals surface area (Å²) in [5.41, 5.74) is 0.851. The molecule has 1 amide bonds. The Morgan fingerprint density at radius 2 is 2.27 bits per heavy atom. The number of rotatable bonds is 5. The lowest BCUT2D eigenvalue weighted by atomic mass is 9.93. The van der Waals surface area contributed by atoms with Gasteiger partial charge in [-0.15, -0.1) is 11.3 Å². The number of hydrogen-bond acceptors (Lipinski definition) is 5. The number of piperidine rings is 1. The molecule has 0 spiro atoms. The lowest BCUT2D eigenvalue weighted by Gasteiger charge is -2.33. The van der Waals surface area contributed by atoms with Crippen LogP contribution in [0.2, 0.25) is 0 Å². The molecule has 0 saturated carbocycles. The van der Waals surface area contributed by atoms with Crippen LogP contribution < -0.4 is 10.6 Å². The Morgan fingerprint density at radius 1 is 1.46 bits per heavy atom. The highest BCUT2D eigenvalue weighted by atomic mass is 32.1. The summed E-state index contributed by atoms with van der Waals surface area (Å²) in [6, 6.07) is 3.98. The van der Waals surface area contributed by atoms with Crippen LogP contribution in [-0.4, -0.2) is 48.9 Å². The van der Waals surface area contributed by atoms with Crippen molar-refractivity contribution in [1.29, 1.82) is 0 Å². The highest BCUT2D eigenvalue weighted by Gasteiger charge is 2.23. The highest BCUT2D eigenvalue weighted by Crippen LogP contribution is 2.24. The number of thiophene rings is 1. The van der Waals surface area contributed by atoms with Crippen LogP contribution in [0, 0.1) is 5.92 Å². The molecule has 7 nitrogen and oxygen atoms in total. The molecule has 1 aliphatic heterocycles. The van der Waals surface area contributed by atoms with E-state index in [2.05, 4.69) is 25.5 Å². The van der Waals surface area contributed by atoms with E-state index < -0.39 is 0 Å². The Bertz CT molecular complexity index is 733. The molecule has 26 heavy (non-hydrogen) atoms. The predicted octanol–water partition coefficient (Wildman–Crippen LogP) is 2.33. The second kappa shape index (κ2) is 8.84. The normalized spacial score (nSPS) is 15.9. The van der Waals surface area contributed by atoms with Gasteiger partial charge >= 0.3 is 0 Å². The zero-order chi connectivity index (χ0) is 18.4. The van der Waals surface area contributed by atoms with Crippen molar-refractivity contribution < 1.29 is 9.21 Å². The molecule has 0 atom stereocenters. The third kappa shape index (κ3) is 4.63. The third-order valence-electron chi connectivity index (χ3n) is 4.59. The van der Waals surface area contributed by atoms with Gasteiger partial charge in [-0.05, 0) is 30.2 Å². The van der Waals surface area contributed by atoms with Crippen molar-refractivity contribution in [3.05, 3.63) is 29.5 Å². The van der Waals surface area contributed by atoms with Crippen LogP contribution in [0.15, 0.2) is 33.2 Å². The van der Waals surface area contributed by atoms with E-state index in [9.17, 15) is 4.79 Å². The molecule has 2 N–H and O–H groups in total. The molecule has 0 aliphatic carbocycles. The van der Waals surface area contributed by atoms with E-state index in [1.807, 2.05) is 17.5 Å². The first-order valence-corrected chi connectivity index (χ1v) is 9.72. The zero-order valence-corrected chi connectivity index (χ0v) is 16.0. The molecule has 3 heterocycles. The van der Waals surface area contributed by atoms with Crippen molar-refractivity contribution in [2.24, 2.45) is 10.9 Å². The number of carbonyl (C=O) groups excluding carboxylic acids is 1. The van der Waals surface area contributed by atoms with Crippen LogP contribution in [0.4, 0.5) is 0 Å². The molecular formula is C18H25N5O2S. The minimum atomic E-state index is 0.124. The highest BCUT2D eigenvalue weighted by molar-refractivity contribution is 7.13. The van der Waals surface area contributed by atoms with E-state index in [1.54, 1.807) is 31.7 Å². The molecule has 140 valence electrons. The number of guanidine groups is 1. The lowest BCUT2D eigenvalue weighted by Crippen LogP contribution is -2.45. The summed E-state index contributed by atoms with van der Waals surface area (Å²) in [6.45, 7) is 2.38. The number of likely N-dealkylation sites (tertiary alicyclic amines) is 1. The number of oxazole rings is 1. The monoisotopic (exact) mass is 375 g/mol. The largest absolute Gasteiger partial charge is 0.443 e. The number of aliphatic imine (C=N–C) groups is 1. The summed E-state index contributed by atoms with van der Waals surface area (Å²) in [5.74, 6) is 2.10. The molecule has 8 heteroatoms. The molecular weight excluding hydrogens is 350 g/mol. The van der Waals surface area contributed by atoms with E-state index in [-0.39, 0.29) is 5.91 Å². The fourth-order valence-corrected chi connectivity index (χ4v) is 3.77. The number of nitrogens with one attached hydrogen (secondary N) is 2. The molecule has 3 rings (SSSR count). The van der Waals surface area contributed by atoms with E-state index in [4.69, 9.17) is 4.42 Å². The van der Waals surface area contributed by atoms with Gasteiger partial charge in [-0.3, -0.25) is 9.79 Å². The van der Waals surface area contributed by atoms with Gasteiger partial charge in [0.15, 0.2) is 5.96 Å². The van der Waals surface area contributed by atoms with Crippen molar-refractivity contribution >= 4 is 23.2 Å². The van der Waals surface area contributed by atoms with Gasteiger partial charge in [-0.25, -0.2) is 4.98 Å². The van der Waals surface area contributed by atoms with Crippen molar-refractivity contribution in [3.63, 3.8) is 0 Å². The summed E-state index contributed by atoms with van der Waals surface area (Å²) in [5, 5.41) is 8.07. The summed E-state index contributed by atoms with van der Waals surface area (Å²) in [6.07, 6.45) is 4.30. The third-order valence-corrected chi connectivity index (χ3v) is 5.45. The number of amides is 1. The van der Waals surface area contributed by atoms with Crippen LogP contribution in [-0.2, 0) is 11.3 Å². The zero-order valence-electron chi connectivity index (χ0n) is 15.2. The van der Waals surface area contributed by atoms with Crippen LogP contribution >= 0.6 is 11.3 Å². The molecule has 0 unspecified atom stereocenters. The smallest absolute Gasteiger partial charge is 0.236 e. The van der Waals surface area contributed by atoms with E-state index in [0.717, 1.165) is 42.5 Å². The fourth-order valence-electron chi connectivity index (χ4n) is 3.12. The second-order valence-electron chi connectivity index (χ2n) is 6.33. The first kappa shape index (κ1) is 18.4. The topological polar surface area (TPSA) is 82.8 Å². The molecule has 2 aromatic heterocycles. The Labute approximate surface area is 157 Å². The first-order valence-electron chi connectivity index (χ1n) is 8.84. The van der Waals surface area contributed by atoms with Crippen LogP contribution in [0.1, 0.15) is 25.0 Å². The van der Waals surface area contributed by atoms with Crippen molar-refractivity contribution in [2.75, 3.05) is 27.2 Å². The van der Waals surface area contributed by atoms with Crippen LogP contribution in [0.25, 0.3) is 10.8 Å². The predicted molar refractivity (Wildman–Crippen MR) is 103 cm³/mol. The van der Waals surface area contributed by atoms with Crippen molar-refractivity contribution in [1.82, 2.24) is 20.5 Å². The average Bonchev–Trinajstić information content (AvgIpc) is 3.35. The maximum atomic E-state index is 11.5. The minimum Gasteiger partial charge on any atom is -0.443 e. The lowest BCUT2D eigenvalue weighted by molar-refractivity contribution is -0.121. The van der Waals surface area contributed by atoms with E-state index >= 15 is 0 Å². The Kier molecular flexibility index (Phi) is 6.27. The maximum Gasteiger partial charge on any atom is 0.236 e. The van der Waals surface area contributed by atoms with Gasteiger partial charge in [-0.1, -0.05) is 6.07 Å². The minimum absolute atomic E-state index is 0.124. The maximum absolute atomic E-state index is 11.5. The molecule has 1 saturated heterocycles. The second-order valence-corrected chi connectivity index (χ2v) is 7.28. The standard InChI is InChI=1S/C18H25N5O2S/c1-19-16(24)10-13-5-7-23(8-6-13)18(20-2)21-11-14-12-25-17(22-14)15-4-3-9-26-15/h3-4,9,12-13H,5-8,10-11H2,1-2H3,(H,19,24)(H,20,21). The van der Waals surface area contributed by atoms with Gasteiger partial charge in [0.05, 0.1) is 17.1 Å². The van der Waals surface area contributed by atoms with Gasteiger partial charge in [0, 0.05) is 33.6 Å². The van der Waals surface area contributed by atoms with Crippen LogP contribution in [0.5, 0.6) is 0 Å². The molecule has 0 aromatic carbocycles. The summed E-state index contributed by atoms with van der Waals surface area (Å²) in [4.78, 5) is 23.7. The summed E-state index contributed by atoms with van der Waals surface area (Å²) >= 11 is 1.61. The molecule has 2 aromatic rings. The van der Waals surface area contributed by atoms with Crippen LogP contribution in [0.3, 0.4) is 0 Å². The Balaban J connectivity index is 1.49. The van der Waals surface area contributed by atoms with Gasteiger partial charge in [0.25, 0.3) is 0 Å². The average molecular weight is 375 g/mol. The van der Waals surface area contributed by atoms with E-state index in [1.165, 1.54) is 0 Å². The summed E-state index contributed by atoms with van der Waals surface area (Å²) in [7, 11) is 3.48. The number of nitrogens with zero attached hydrogens (tertiary/aromatic N) is 3. The van der Waals surface area contributed by atoms with Gasteiger partial charge in [0.2, 0.25) is 11.8 Å². The summed E-state index contributed by atoms with van der Waals surface area (Å²) < 4.78 is 5.55. The quantitative estimate of drug-likeness (QED) is 0.619. The van der Waals surface area contributed by atoms with Gasteiger partial charge in [0.1, 0.15) is 6.26 Å². The first-order chi connectivity index (χ1) is 12.7. The number of aromatic nitrogens is 1. The fraction of sp³-hybridized carbons (Fsp3) is 0.500. The van der Waals surface area contributed by atoms with Gasteiger partial charge < -0.3 is 20.0 Å².